The molecule has 0 heterocycles. The highest BCUT2D eigenvalue weighted by atomic mass is 16.7. The van der Waals surface area contributed by atoms with Crippen molar-refractivity contribution in [2.75, 3.05) is 6.61 Å². The number of carbonyl (C=O) groups excluding carboxylic acids is 2. The molecule has 4 aliphatic rings. The highest BCUT2D eigenvalue weighted by Crippen LogP contribution is 2.67. The van der Waals surface area contributed by atoms with Gasteiger partial charge in [-0.2, -0.15) is 0 Å². The Hall–Kier alpha value is -1.99. The van der Waals surface area contributed by atoms with Gasteiger partial charge in [0.15, 0.2) is 12.4 Å². The average Bonchev–Trinajstić information content (AvgIpc) is 2.92. The number of allylic oxidation sites excluding steroid dienone is 4. The maximum Gasteiger partial charge on any atom is 0.506 e. The van der Waals surface area contributed by atoms with Gasteiger partial charge in [0, 0.05) is 16.7 Å². The van der Waals surface area contributed by atoms with E-state index >= 15 is 0 Å². The van der Waals surface area contributed by atoms with E-state index in [1.807, 2.05) is 13.8 Å². The van der Waals surface area contributed by atoms with E-state index in [1.165, 1.54) is 0 Å². The molecule has 4 rings (SSSR count). The zero-order chi connectivity index (χ0) is 22.1. The van der Waals surface area contributed by atoms with Gasteiger partial charge in [-0.25, -0.2) is 4.79 Å². The molecule has 0 amide bonds. The molecule has 0 spiro atoms. The van der Waals surface area contributed by atoms with Gasteiger partial charge in [-0.05, 0) is 63.0 Å². The molecule has 7 nitrogen and oxygen atoms in total. The Labute approximate surface area is 175 Å². The van der Waals surface area contributed by atoms with E-state index in [1.54, 1.807) is 12.2 Å². The Balaban J connectivity index is 1.69. The lowest BCUT2D eigenvalue weighted by Gasteiger charge is -2.60. The minimum atomic E-state index is -1.72. The molecule has 0 radical (unpaired) electrons. The predicted octanol–water partition coefficient (Wildman–Crippen LogP) is 2.65. The topological polar surface area (TPSA) is 121 Å². The zero-order valence-electron chi connectivity index (χ0n) is 17.7. The quantitative estimate of drug-likeness (QED) is 0.603. The van der Waals surface area contributed by atoms with Crippen LogP contribution >= 0.6 is 0 Å². The fraction of sp³-hybridized carbons (Fsp3) is 0.696. The molecule has 0 aliphatic heterocycles. The third kappa shape index (κ3) is 2.67. The van der Waals surface area contributed by atoms with Crippen LogP contribution < -0.4 is 0 Å². The summed E-state index contributed by atoms with van der Waals surface area (Å²) in [7, 11) is 0. The molecule has 3 saturated carbocycles. The van der Waals surface area contributed by atoms with Crippen molar-refractivity contribution in [2.45, 2.75) is 64.6 Å². The van der Waals surface area contributed by atoms with Gasteiger partial charge in [-0.1, -0.05) is 25.0 Å². The minimum absolute atomic E-state index is 0.00664. The lowest BCUT2D eigenvalue weighted by molar-refractivity contribution is -0.179. The van der Waals surface area contributed by atoms with E-state index in [-0.39, 0.29) is 36.4 Å². The largest absolute Gasteiger partial charge is 0.506 e. The molecule has 0 aromatic heterocycles. The summed E-state index contributed by atoms with van der Waals surface area (Å²) in [5, 5.41) is 31.5. The number of hydrogen-bond donors (Lipinski definition) is 3. The molecule has 3 fully saturated rings. The smallest absolute Gasteiger partial charge is 0.450 e. The summed E-state index contributed by atoms with van der Waals surface area (Å²) in [6, 6.07) is 0. The zero-order valence-corrected chi connectivity index (χ0v) is 17.7. The van der Waals surface area contributed by atoms with E-state index in [2.05, 4.69) is 11.7 Å². The first-order chi connectivity index (χ1) is 13.9. The average molecular weight is 418 g/mol. The maximum atomic E-state index is 12.8. The van der Waals surface area contributed by atoms with Crippen molar-refractivity contribution in [1.82, 2.24) is 0 Å². The number of Topliss-reactive ketones (excluding diaryl/α,β-unsaturated/α-hetero) is 1. The number of ether oxygens (including phenoxy) is 1. The van der Waals surface area contributed by atoms with Gasteiger partial charge in [-0.3, -0.25) is 9.59 Å². The van der Waals surface area contributed by atoms with Crippen LogP contribution in [0.2, 0.25) is 0 Å². The number of carboxylic acid groups (broad SMARTS) is 1. The van der Waals surface area contributed by atoms with Crippen LogP contribution in [0.5, 0.6) is 0 Å². The van der Waals surface area contributed by atoms with Crippen LogP contribution in [-0.4, -0.2) is 51.4 Å². The lowest BCUT2D eigenvalue weighted by Crippen LogP contribution is -2.62. The Morgan fingerprint density at radius 1 is 1.23 bits per heavy atom. The molecule has 164 valence electrons. The second-order valence-electron chi connectivity index (χ2n) is 10.0. The SMILES string of the molecule is CC1=CC(=O)C=C2CC[C@@H]3[C@H](C(O)C[C@@]4(C)[C@H]3CC[C@]4(O)C(=O)COC(=O)O)[C@@]12C. The second kappa shape index (κ2) is 6.76. The molecular formula is C23H30O7. The Morgan fingerprint density at radius 2 is 1.93 bits per heavy atom. The van der Waals surface area contributed by atoms with Crippen molar-refractivity contribution in [2.24, 2.45) is 28.6 Å². The van der Waals surface area contributed by atoms with Crippen LogP contribution in [0, 0.1) is 28.6 Å². The maximum absolute atomic E-state index is 12.8. The molecule has 30 heavy (non-hydrogen) atoms. The van der Waals surface area contributed by atoms with E-state index in [9.17, 15) is 24.6 Å². The van der Waals surface area contributed by atoms with Crippen molar-refractivity contribution in [1.29, 1.82) is 0 Å². The van der Waals surface area contributed by atoms with Gasteiger partial charge >= 0.3 is 6.16 Å². The van der Waals surface area contributed by atoms with Crippen LogP contribution in [0.25, 0.3) is 0 Å². The van der Waals surface area contributed by atoms with Crippen molar-refractivity contribution >= 4 is 17.7 Å². The third-order valence-electron chi connectivity index (χ3n) is 8.97. The van der Waals surface area contributed by atoms with Gasteiger partial charge in [-0.15, -0.1) is 0 Å². The summed E-state index contributed by atoms with van der Waals surface area (Å²) >= 11 is 0. The fourth-order valence-corrected chi connectivity index (χ4v) is 7.39. The Morgan fingerprint density at radius 3 is 2.60 bits per heavy atom. The number of rotatable bonds is 3. The molecule has 0 aromatic carbocycles. The molecule has 4 aliphatic carbocycles. The van der Waals surface area contributed by atoms with Crippen LogP contribution in [0.15, 0.2) is 23.3 Å². The van der Waals surface area contributed by atoms with E-state index in [0.29, 0.717) is 6.42 Å². The van der Waals surface area contributed by atoms with Crippen molar-refractivity contribution in [3.05, 3.63) is 23.3 Å². The standard InChI is InChI=1S/C23H30O7/c1-12-8-14(24)9-13-4-5-15-16-6-7-23(29,18(26)11-30-20(27)28)21(16,2)10-17(25)19(15)22(12,13)3/h8-9,15-17,19,25,29H,4-7,10-11H2,1-3H3,(H,27,28)/t15-,16-,17?,19+,21-,22-,23-/m0/s1. The molecule has 0 aromatic rings. The van der Waals surface area contributed by atoms with Gasteiger partial charge < -0.3 is 20.1 Å². The van der Waals surface area contributed by atoms with Crippen LogP contribution in [0.3, 0.4) is 0 Å². The van der Waals surface area contributed by atoms with Gasteiger partial charge in [0.1, 0.15) is 5.60 Å². The number of ketones is 2. The van der Waals surface area contributed by atoms with Gasteiger partial charge in [0.25, 0.3) is 0 Å². The first kappa shape index (κ1) is 21.2. The molecular weight excluding hydrogens is 388 g/mol. The van der Waals surface area contributed by atoms with Gasteiger partial charge in [0.2, 0.25) is 5.78 Å². The highest BCUT2D eigenvalue weighted by Gasteiger charge is 2.68. The summed E-state index contributed by atoms with van der Waals surface area (Å²) in [4.78, 5) is 35.6. The molecule has 7 heteroatoms. The van der Waals surface area contributed by atoms with E-state index in [4.69, 9.17) is 5.11 Å². The second-order valence-corrected chi connectivity index (χ2v) is 10.0. The normalized spacial score (nSPS) is 44.9. The fourth-order valence-electron chi connectivity index (χ4n) is 7.39. The summed E-state index contributed by atoms with van der Waals surface area (Å²) < 4.78 is 4.45. The van der Waals surface area contributed by atoms with Crippen molar-refractivity contribution in [3.63, 3.8) is 0 Å². The molecule has 0 saturated heterocycles. The predicted molar refractivity (Wildman–Crippen MR) is 107 cm³/mol. The van der Waals surface area contributed by atoms with E-state index in [0.717, 1.165) is 24.0 Å². The third-order valence-corrected chi connectivity index (χ3v) is 8.97. The van der Waals surface area contributed by atoms with Crippen molar-refractivity contribution in [3.8, 4) is 0 Å². The number of carbonyl (C=O) groups is 3. The van der Waals surface area contributed by atoms with E-state index < -0.39 is 41.1 Å². The molecule has 0 bridgehead atoms. The van der Waals surface area contributed by atoms with Crippen molar-refractivity contribution < 1.29 is 34.4 Å². The molecule has 1 unspecified atom stereocenters. The summed E-state index contributed by atoms with van der Waals surface area (Å²) in [5.41, 5.74) is -0.957. The first-order valence-corrected chi connectivity index (χ1v) is 10.7. The first-order valence-electron chi connectivity index (χ1n) is 10.7. The lowest BCUT2D eigenvalue weighted by atomic mass is 9.45. The molecule has 3 N–H and O–H groups in total. The number of fused-ring (bicyclic) bond motifs is 5. The number of aliphatic hydroxyl groups is 2. The highest BCUT2D eigenvalue weighted by molar-refractivity contribution is 6.02. The number of hydrogen-bond acceptors (Lipinski definition) is 6. The molecule has 7 atom stereocenters. The minimum Gasteiger partial charge on any atom is -0.450 e. The van der Waals surface area contributed by atoms with Gasteiger partial charge in [0.05, 0.1) is 6.10 Å². The Kier molecular flexibility index (Phi) is 4.78. The Bertz CT molecular complexity index is 873. The summed E-state index contributed by atoms with van der Waals surface area (Å²) in [5.74, 6) is -0.615. The van der Waals surface area contributed by atoms with Crippen LogP contribution in [-0.2, 0) is 14.3 Å². The number of aliphatic hydroxyl groups excluding tert-OH is 1. The monoisotopic (exact) mass is 418 g/mol. The van der Waals surface area contributed by atoms with Crippen LogP contribution in [0.4, 0.5) is 4.79 Å². The summed E-state index contributed by atoms with van der Waals surface area (Å²) in [6.45, 7) is 5.22. The van der Waals surface area contributed by atoms with Crippen LogP contribution in [0.1, 0.15) is 52.9 Å². The summed E-state index contributed by atoms with van der Waals surface area (Å²) in [6.07, 6.45) is 3.73.